The summed E-state index contributed by atoms with van der Waals surface area (Å²) in [7, 11) is -6.07. The van der Waals surface area contributed by atoms with Gasteiger partial charge in [0.2, 0.25) is 0 Å². The standard InChI is InChI=1S/C45H37F3N2O3S/c1-32-14-12-13-21-41(32)42-28-26-39(30-33(42)2)49(36-17-8-4-9-18-36)40-27-29-43(44(31-40)53-54(51,52)45(46,47)48)50(37-19-10-5-11-20-37)38-24-22-35(23-25-38)34-15-6-3-7-16-34/h3-27,29-31,42H,28H2,1-2H3. The van der Waals surface area contributed by atoms with Crippen molar-refractivity contribution < 1.29 is 25.8 Å². The van der Waals surface area contributed by atoms with Crippen LogP contribution in [0.15, 0.2) is 181 Å². The molecule has 0 heterocycles. The minimum absolute atomic E-state index is 0.0993. The molecule has 0 amide bonds. The average Bonchev–Trinajstić information content (AvgIpc) is 3.17. The predicted octanol–water partition coefficient (Wildman–Crippen LogP) is 12.5. The molecule has 272 valence electrons. The zero-order chi connectivity index (χ0) is 37.9. The number of benzene rings is 6. The molecule has 1 aliphatic carbocycles. The van der Waals surface area contributed by atoms with E-state index in [2.05, 4.69) is 38.1 Å². The van der Waals surface area contributed by atoms with Gasteiger partial charge >= 0.3 is 15.6 Å². The van der Waals surface area contributed by atoms with Crippen molar-refractivity contribution in [1.82, 2.24) is 0 Å². The van der Waals surface area contributed by atoms with Gasteiger partial charge < -0.3 is 14.0 Å². The Kier molecular flexibility index (Phi) is 10.2. The number of halogens is 3. The predicted molar refractivity (Wildman–Crippen MR) is 211 cm³/mol. The Morgan fingerprint density at radius 3 is 1.72 bits per heavy atom. The largest absolute Gasteiger partial charge is 0.534 e. The highest BCUT2D eigenvalue weighted by Crippen LogP contribution is 2.46. The number of anilines is 5. The Hall–Kier alpha value is -6.06. The highest BCUT2D eigenvalue weighted by Gasteiger charge is 2.49. The lowest BCUT2D eigenvalue weighted by Gasteiger charge is -2.32. The van der Waals surface area contributed by atoms with Crippen LogP contribution in [0, 0.1) is 6.92 Å². The van der Waals surface area contributed by atoms with Crippen LogP contribution in [0.1, 0.15) is 30.4 Å². The van der Waals surface area contributed by atoms with Crippen molar-refractivity contribution in [3.05, 3.63) is 192 Å². The van der Waals surface area contributed by atoms with E-state index in [0.717, 1.165) is 28.1 Å². The van der Waals surface area contributed by atoms with Gasteiger partial charge in [-0.15, -0.1) is 0 Å². The van der Waals surface area contributed by atoms with Gasteiger partial charge in [-0.25, -0.2) is 0 Å². The first-order chi connectivity index (χ1) is 26.0. The fourth-order valence-corrected chi connectivity index (χ4v) is 7.31. The third-order valence-electron chi connectivity index (χ3n) is 9.50. The van der Waals surface area contributed by atoms with Gasteiger partial charge in [-0.05, 0) is 97.1 Å². The first kappa shape index (κ1) is 36.3. The number of aryl methyl sites for hydroxylation is 1. The fourth-order valence-electron chi connectivity index (χ4n) is 6.84. The maximum absolute atomic E-state index is 14.0. The number of nitrogens with zero attached hydrogens (tertiary/aromatic N) is 2. The lowest BCUT2D eigenvalue weighted by Crippen LogP contribution is -2.28. The lowest BCUT2D eigenvalue weighted by atomic mass is 9.83. The van der Waals surface area contributed by atoms with E-state index in [4.69, 9.17) is 4.18 Å². The molecule has 9 heteroatoms. The lowest BCUT2D eigenvalue weighted by molar-refractivity contribution is -0.0499. The summed E-state index contributed by atoms with van der Waals surface area (Å²) in [5.41, 5.74) is 3.00. The number of allylic oxidation sites excluding steroid dienone is 3. The summed E-state index contributed by atoms with van der Waals surface area (Å²) in [4.78, 5) is 3.58. The van der Waals surface area contributed by atoms with Gasteiger partial charge in [0.05, 0.1) is 11.4 Å². The molecule has 0 aliphatic heterocycles. The molecule has 0 fully saturated rings. The van der Waals surface area contributed by atoms with Crippen LogP contribution in [0.3, 0.4) is 0 Å². The first-order valence-electron chi connectivity index (χ1n) is 17.4. The molecule has 0 saturated heterocycles. The van der Waals surface area contributed by atoms with Gasteiger partial charge in [0, 0.05) is 34.7 Å². The summed E-state index contributed by atoms with van der Waals surface area (Å²) in [5, 5.41) is 0. The third-order valence-corrected chi connectivity index (χ3v) is 10.5. The Morgan fingerprint density at radius 2 is 1.13 bits per heavy atom. The number of hydrogen-bond donors (Lipinski definition) is 0. The van der Waals surface area contributed by atoms with Crippen LogP contribution in [0.5, 0.6) is 5.75 Å². The monoisotopic (exact) mass is 742 g/mol. The third kappa shape index (κ3) is 7.54. The molecule has 0 saturated carbocycles. The van der Waals surface area contributed by atoms with Crippen LogP contribution in [0.2, 0.25) is 0 Å². The molecule has 0 aromatic heterocycles. The van der Waals surface area contributed by atoms with E-state index in [9.17, 15) is 21.6 Å². The van der Waals surface area contributed by atoms with Gasteiger partial charge in [0.25, 0.3) is 0 Å². The maximum atomic E-state index is 14.0. The molecule has 7 rings (SSSR count). The summed E-state index contributed by atoms with van der Waals surface area (Å²) < 4.78 is 72.6. The van der Waals surface area contributed by atoms with E-state index in [1.54, 1.807) is 41.3 Å². The molecule has 6 aromatic rings. The molecule has 1 unspecified atom stereocenters. The van der Waals surface area contributed by atoms with Crippen LogP contribution < -0.4 is 14.0 Å². The van der Waals surface area contributed by atoms with Crippen molar-refractivity contribution in [1.29, 1.82) is 0 Å². The highest BCUT2D eigenvalue weighted by molar-refractivity contribution is 7.88. The first-order valence-corrected chi connectivity index (χ1v) is 18.9. The minimum atomic E-state index is -6.07. The molecule has 6 aromatic carbocycles. The topological polar surface area (TPSA) is 49.9 Å². The van der Waals surface area contributed by atoms with Crippen molar-refractivity contribution >= 4 is 38.6 Å². The van der Waals surface area contributed by atoms with Crippen molar-refractivity contribution in [3.8, 4) is 16.9 Å². The smallest absolute Gasteiger partial charge is 0.374 e. The van der Waals surface area contributed by atoms with E-state index in [-0.39, 0.29) is 11.6 Å². The van der Waals surface area contributed by atoms with Crippen LogP contribution in [0.25, 0.3) is 11.1 Å². The van der Waals surface area contributed by atoms with Crippen molar-refractivity contribution in [2.75, 3.05) is 9.80 Å². The van der Waals surface area contributed by atoms with E-state index in [1.165, 1.54) is 17.2 Å². The minimum Gasteiger partial charge on any atom is -0.374 e. The van der Waals surface area contributed by atoms with Crippen molar-refractivity contribution in [2.24, 2.45) is 0 Å². The van der Waals surface area contributed by atoms with Crippen LogP contribution in [-0.4, -0.2) is 13.9 Å². The Labute approximate surface area is 314 Å². The van der Waals surface area contributed by atoms with E-state index >= 15 is 0 Å². The van der Waals surface area contributed by atoms with Gasteiger partial charge in [-0.1, -0.05) is 115 Å². The van der Waals surface area contributed by atoms with Crippen LogP contribution in [0.4, 0.5) is 41.6 Å². The quantitative estimate of drug-likeness (QED) is 0.103. The zero-order valence-electron chi connectivity index (χ0n) is 29.6. The highest BCUT2D eigenvalue weighted by atomic mass is 32.2. The molecule has 54 heavy (non-hydrogen) atoms. The SMILES string of the molecule is CC1=CC(N(c2ccccc2)c2ccc(N(c3ccccc3)c3ccc(-c4ccccc4)cc3)c(OS(=O)(=O)C(F)(F)F)c2)=CCC1c1ccccc1C. The van der Waals surface area contributed by atoms with Crippen LogP contribution >= 0.6 is 0 Å². The van der Waals surface area contributed by atoms with Crippen molar-refractivity contribution in [2.45, 2.75) is 31.7 Å². The van der Waals surface area contributed by atoms with E-state index < -0.39 is 21.4 Å². The molecule has 0 N–H and O–H groups in total. The number of rotatable bonds is 10. The Morgan fingerprint density at radius 1 is 0.611 bits per heavy atom. The molecule has 0 bridgehead atoms. The van der Waals surface area contributed by atoms with Crippen molar-refractivity contribution in [3.63, 3.8) is 0 Å². The van der Waals surface area contributed by atoms with Gasteiger partial charge in [0.1, 0.15) is 0 Å². The van der Waals surface area contributed by atoms with Gasteiger partial charge in [-0.3, -0.25) is 0 Å². The summed E-state index contributed by atoms with van der Waals surface area (Å²) in [6.45, 7) is 4.16. The summed E-state index contributed by atoms with van der Waals surface area (Å²) in [6, 6.07) is 48.7. The summed E-state index contributed by atoms with van der Waals surface area (Å²) >= 11 is 0. The molecule has 5 nitrogen and oxygen atoms in total. The summed E-state index contributed by atoms with van der Waals surface area (Å²) in [5.74, 6) is -0.338. The molecular weight excluding hydrogens is 706 g/mol. The number of hydrogen-bond acceptors (Lipinski definition) is 5. The second kappa shape index (κ2) is 15.1. The van der Waals surface area contributed by atoms with E-state index in [0.29, 0.717) is 23.5 Å². The average molecular weight is 743 g/mol. The fraction of sp³-hybridized carbons (Fsp3) is 0.111. The molecule has 0 radical (unpaired) electrons. The molecule has 1 atom stereocenters. The Bertz CT molecular complexity index is 2410. The molecule has 0 spiro atoms. The van der Waals surface area contributed by atoms with Gasteiger partial charge in [-0.2, -0.15) is 21.6 Å². The maximum Gasteiger partial charge on any atom is 0.534 e. The number of alkyl halides is 3. The molecular formula is C45H37F3N2O3S. The van der Waals surface area contributed by atoms with E-state index in [1.807, 2.05) is 108 Å². The Balaban J connectivity index is 1.37. The zero-order valence-corrected chi connectivity index (χ0v) is 30.4. The second-order valence-corrected chi connectivity index (χ2v) is 14.6. The summed E-state index contributed by atoms with van der Waals surface area (Å²) in [6.07, 6.45) is 4.86. The normalized spacial score (nSPS) is 14.5. The second-order valence-electron chi connectivity index (χ2n) is 13.1. The van der Waals surface area contributed by atoms with Crippen LogP contribution in [-0.2, 0) is 10.1 Å². The van der Waals surface area contributed by atoms with Gasteiger partial charge in [0.15, 0.2) is 5.75 Å². The molecule has 1 aliphatic rings. The number of para-hydroxylation sites is 2.